The second kappa shape index (κ2) is 5.93. The van der Waals surface area contributed by atoms with Crippen LogP contribution in [0.3, 0.4) is 0 Å². The van der Waals surface area contributed by atoms with Crippen LogP contribution in [0.1, 0.15) is 24.5 Å². The molecule has 1 saturated carbocycles. The first kappa shape index (κ1) is 14.4. The minimum Gasteiger partial charge on any atom is -0.488 e. The van der Waals surface area contributed by atoms with Crippen LogP contribution in [0.5, 0.6) is 5.75 Å². The summed E-state index contributed by atoms with van der Waals surface area (Å²) in [7, 11) is 0. The van der Waals surface area contributed by atoms with E-state index in [1.54, 1.807) is 0 Å². The van der Waals surface area contributed by atoms with E-state index < -0.39 is 0 Å². The molecule has 0 amide bonds. The molecule has 0 N–H and O–H groups in total. The lowest BCUT2D eigenvalue weighted by molar-refractivity contribution is -0.0723. The number of rotatable bonds is 4. The quantitative estimate of drug-likeness (QED) is 0.724. The van der Waals surface area contributed by atoms with Gasteiger partial charge in [0.1, 0.15) is 18.0 Å². The van der Waals surface area contributed by atoms with E-state index in [-0.39, 0.29) is 12.2 Å². The number of hydrogen-bond donors (Lipinski definition) is 0. The zero-order valence-electron chi connectivity index (χ0n) is 10.9. The van der Waals surface area contributed by atoms with Gasteiger partial charge in [0, 0.05) is 22.3 Å². The Labute approximate surface area is 125 Å². The highest BCUT2D eigenvalue weighted by molar-refractivity contribution is 9.10. The molecule has 18 heavy (non-hydrogen) atoms. The highest BCUT2D eigenvalue weighted by Gasteiger charge is 2.42. The van der Waals surface area contributed by atoms with Crippen LogP contribution in [0.15, 0.2) is 16.6 Å². The van der Waals surface area contributed by atoms with E-state index in [9.17, 15) is 0 Å². The van der Waals surface area contributed by atoms with Crippen molar-refractivity contribution in [3.05, 3.63) is 27.7 Å². The highest BCUT2D eigenvalue weighted by Crippen LogP contribution is 2.35. The smallest absolute Gasteiger partial charge is 0.127 e. The van der Waals surface area contributed by atoms with Crippen molar-refractivity contribution in [2.24, 2.45) is 0 Å². The van der Waals surface area contributed by atoms with Gasteiger partial charge in [-0.1, -0.05) is 31.9 Å². The monoisotopic (exact) mass is 376 g/mol. The van der Waals surface area contributed by atoms with E-state index in [0.717, 1.165) is 23.2 Å². The first-order valence-corrected chi connectivity index (χ1v) is 7.93. The third kappa shape index (κ3) is 2.91. The average molecular weight is 378 g/mol. The number of hydrogen-bond acceptors (Lipinski definition) is 2. The SMILES string of the molecule is CCOC1C(Br)CC1Oc1cc(C)c(Br)c(C)c1. The van der Waals surface area contributed by atoms with Gasteiger partial charge >= 0.3 is 0 Å². The molecule has 0 aromatic heterocycles. The van der Waals surface area contributed by atoms with Crippen molar-refractivity contribution in [1.29, 1.82) is 0 Å². The summed E-state index contributed by atoms with van der Waals surface area (Å²) in [6, 6.07) is 4.14. The van der Waals surface area contributed by atoms with Gasteiger partial charge in [0.15, 0.2) is 0 Å². The molecule has 0 aliphatic heterocycles. The van der Waals surface area contributed by atoms with Crippen LogP contribution in [0.4, 0.5) is 0 Å². The molecule has 1 aromatic rings. The fraction of sp³-hybridized carbons (Fsp3) is 0.571. The van der Waals surface area contributed by atoms with Gasteiger partial charge in [-0.05, 0) is 44.0 Å². The van der Waals surface area contributed by atoms with Crippen molar-refractivity contribution in [1.82, 2.24) is 0 Å². The third-order valence-corrected chi connectivity index (χ3v) is 5.38. The van der Waals surface area contributed by atoms with E-state index in [1.807, 2.05) is 6.92 Å². The summed E-state index contributed by atoms with van der Waals surface area (Å²) < 4.78 is 12.9. The van der Waals surface area contributed by atoms with Crippen LogP contribution in [-0.2, 0) is 4.74 Å². The molecule has 0 spiro atoms. The van der Waals surface area contributed by atoms with Gasteiger partial charge in [-0.15, -0.1) is 0 Å². The minimum absolute atomic E-state index is 0.161. The second-order valence-electron chi connectivity index (χ2n) is 4.70. The molecule has 100 valence electrons. The molecule has 1 aliphatic rings. The van der Waals surface area contributed by atoms with Gasteiger partial charge in [0.05, 0.1) is 0 Å². The number of halogens is 2. The number of ether oxygens (including phenoxy) is 2. The van der Waals surface area contributed by atoms with Gasteiger partial charge in [-0.2, -0.15) is 0 Å². The van der Waals surface area contributed by atoms with E-state index in [0.29, 0.717) is 4.83 Å². The lowest BCUT2D eigenvalue weighted by atomic mass is 9.91. The normalized spacial score (nSPS) is 26.8. The summed E-state index contributed by atoms with van der Waals surface area (Å²) in [6.45, 7) is 6.91. The molecule has 3 atom stereocenters. The summed E-state index contributed by atoms with van der Waals surface area (Å²) >= 11 is 7.18. The Morgan fingerprint density at radius 2 is 1.89 bits per heavy atom. The fourth-order valence-electron chi connectivity index (χ4n) is 2.20. The minimum atomic E-state index is 0.161. The lowest BCUT2D eigenvalue weighted by Crippen LogP contribution is -2.52. The molecule has 2 nitrogen and oxygen atoms in total. The maximum atomic E-state index is 6.03. The van der Waals surface area contributed by atoms with Crippen LogP contribution >= 0.6 is 31.9 Å². The molecule has 0 bridgehead atoms. The molecule has 4 heteroatoms. The maximum absolute atomic E-state index is 6.03. The zero-order chi connectivity index (χ0) is 13.3. The largest absolute Gasteiger partial charge is 0.488 e. The molecule has 0 heterocycles. The van der Waals surface area contributed by atoms with E-state index in [4.69, 9.17) is 9.47 Å². The summed E-state index contributed by atoms with van der Waals surface area (Å²) in [5.41, 5.74) is 2.40. The summed E-state index contributed by atoms with van der Waals surface area (Å²) in [5.74, 6) is 0.933. The standard InChI is InChI=1S/C14H18Br2O2/c1-4-17-14-11(15)7-12(14)18-10-5-8(2)13(16)9(3)6-10/h5-6,11-12,14H,4,7H2,1-3H3. The van der Waals surface area contributed by atoms with Crippen LogP contribution in [-0.4, -0.2) is 23.6 Å². The Morgan fingerprint density at radius 3 is 2.39 bits per heavy atom. The first-order chi connectivity index (χ1) is 8.52. The van der Waals surface area contributed by atoms with Crippen molar-refractivity contribution >= 4 is 31.9 Å². The summed E-state index contributed by atoms with van der Waals surface area (Å²) in [6.07, 6.45) is 1.33. The van der Waals surface area contributed by atoms with Crippen molar-refractivity contribution in [2.75, 3.05) is 6.61 Å². The molecule has 1 aromatic carbocycles. The Balaban J connectivity index is 2.06. The molecule has 0 radical (unpaired) electrons. The van der Waals surface area contributed by atoms with Gasteiger partial charge in [-0.25, -0.2) is 0 Å². The zero-order valence-corrected chi connectivity index (χ0v) is 14.0. The van der Waals surface area contributed by atoms with Crippen molar-refractivity contribution < 1.29 is 9.47 Å². The first-order valence-electron chi connectivity index (χ1n) is 6.22. The molecular weight excluding hydrogens is 360 g/mol. The van der Waals surface area contributed by atoms with Gasteiger partial charge in [0.25, 0.3) is 0 Å². The Hall–Kier alpha value is -0.0600. The molecule has 1 aliphatic carbocycles. The number of benzene rings is 1. The fourth-order valence-corrected chi connectivity index (χ4v) is 3.29. The van der Waals surface area contributed by atoms with Crippen molar-refractivity contribution in [2.45, 2.75) is 44.2 Å². The number of alkyl halides is 1. The topological polar surface area (TPSA) is 18.5 Å². The lowest BCUT2D eigenvalue weighted by Gasteiger charge is -2.40. The van der Waals surface area contributed by atoms with Gasteiger partial charge in [-0.3, -0.25) is 0 Å². The van der Waals surface area contributed by atoms with Crippen molar-refractivity contribution in [3.8, 4) is 5.75 Å². The van der Waals surface area contributed by atoms with E-state index in [1.165, 1.54) is 11.1 Å². The van der Waals surface area contributed by atoms with Crippen LogP contribution in [0.2, 0.25) is 0 Å². The Kier molecular flexibility index (Phi) is 4.73. The molecule has 3 unspecified atom stereocenters. The molecule has 1 fully saturated rings. The number of aryl methyl sites for hydroxylation is 2. The summed E-state index contributed by atoms with van der Waals surface area (Å²) in [5, 5.41) is 0. The summed E-state index contributed by atoms with van der Waals surface area (Å²) in [4.78, 5) is 0.417. The average Bonchev–Trinajstić information content (AvgIpc) is 2.32. The van der Waals surface area contributed by atoms with Crippen LogP contribution < -0.4 is 4.74 Å². The Bertz CT molecular complexity index is 411. The van der Waals surface area contributed by atoms with E-state index in [2.05, 4.69) is 57.8 Å². The van der Waals surface area contributed by atoms with Crippen LogP contribution in [0.25, 0.3) is 0 Å². The highest BCUT2D eigenvalue weighted by atomic mass is 79.9. The van der Waals surface area contributed by atoms with E-state index >= 15 is 0 Å². The Morgan fingerprint density at radius 1 is 1.28 bits per heavy atom. The predicted octanol–water partition coefficient (Wildman–Crippen LogP) is 4.39. The molecular formula is C14H18Br2O2. The van der Waals surface area contributed by atoms with Gasteiger partial charge < -0.3 is 9.47 Å². The maximum Gasteiger partial charge on any atom is 0.127 e. The van der Waals surface area contributed by atoms with Crippen LogP contribution in [0, 0.1) is 13.8 Å². The van der Waals surface area contributed by atoms with Crippen molar-refractivity contribution in [3.63, 3.8) is 0 Å². The predicted molar refractivity (Wildman–Crippen MR) is 80.8 cm³/mol. The molecule has 2 rings (SSSR count). The second-order valence-corrected chi connectivity index (χ2v) is 6.67. The molecule has 0 saturated heterocycles. The third-order valence-electron chi connectivity index (χ3n) is 3.24. The van der Waals surface area contributed by atoms with Gasteiger partial charge in [0.2, 0.25) is 0 Å².